The quantitative estimate of drug-likeness (QED) is 0.621. The highest BCUT2D eigenvalue weighted by molar-refractivity contribution is 6.07. The molecule has 100 valence electrons. The van der Waals surface area contributed by atoms with Gasteiger partial charge in [0, 0.05) is 23.5 Å². The first kappa shape index (κ1) is 13.4. The predicted octanol–water partition coefficient (Wildman–Crippen LogP) is 2.86. The Hall–Kier alpha value is -2.04. The average Bonchev–Trinajstić information content (AvgIpc) is 2.68. The lowest BCUT2D eigenvalue weighted by Gasteiger charge is -2.05. The van der Waals surface area contributed by atoms with E-state index in [1.54, 1.807) is 6.20 Å². The summed E-state index contributed by atoms with van der Waals surface area (Å²) in [5.41, 5.74) is 3.78. The Bertz CT molecular complexity index is 743. The van der Waals surface area contributed by atoms with Crippen LogP contribution in [-0.4, -0.2) is 25.0 Å². The molecule has 3 aromatic heterocycles. The van der Waals surface area contributed by atoms with Gasteiger partial charge in [-0.3, -0.25) is 4.68 Å². The number of fused-ring (bicyclic) bond motifs is 3. The van der Waals surface area contributed by atoms with Crippen molar-refractivity contribution in [1.82, 2.24) is 25.0 Å². The Kier molecular flexibility index (Phi) is 3.46. The number of hydrogen-bond donors (Lipinski definition) is 0. The molecule has 0 aliphatic heterocycles. The Labute approximate surface area is 112 Å². The van der Waals surface area contributed by atoms with Crippen LogP contribution in [0.15, 0.2) is 6.20 Å². The second-order valence-corrected chi connectivity index (χ2v) is 4.32. The summed E-state index contributed by atoms with van der Waals surface area (Å²) in [7, 11) is 1.91. The molecule has 0 radical (unpaired) electrons. The Morgan fingerprint density at radius 2 is 1.63 bits per heavy atom. The lowest BCUT2D eigenvalue weighted by Crippen LogP contribution is -1.96. The van der Waals surface area contributed by atoms with Crippen molar-refractivity contribution < 1.29 is 0 Å². The van der Waals surface area contributed by atoms with Gasteiger partial charge in [-0.25, -0.2) is 4.98 Å². The molecular weight excluding hydrogens is 238 g/mol. The maximum Gasteiger partial charge on any atom is 0.158 e. The number of pyridine rings is 1. The molecule has 0 aliphatic carbocycles. The van der Waals surface area contributed by atoms with E-state index < -0.39 is 0 Å². The van der Waals surface area contributed by atoms with Gasteiger partial charge in [0.15, 0.2) is 5.65 Å². The molecule has 3 rings (SSSR count). The molecule has 0 atom stereocenters. The van der Waals surface area contributed by atoms with Crippen molar-refractivity contribution in [2.45, 2.75) is 34.6 Å². The zero-order valence-electron chi connectivity index (χ0n) is 12.3. The molecular formula is C14H19N5. The van der Waals surface area contributed by atoms with Crippen molar-refractivity contribution in [3.05, 3.63) is 23.3 Å². The molecule has 0 N–H and O–H groups in total. The molecule has 0 fully saturated rings. The standard InChI is InChI=1S/C12H13N5.C2H6/c1-6-9-5-13-15-7(2)10(9)11-8(3)16-17(4)12(11)14-6;1-2/h5H,1-4H3;1-2H3. The summed E-state index contributed by atoms with van der Waals surface area (Å²) in [6, 6.07) is 0. The van der Waals surface area contributed by atoms with Gasteiger partial charge in [-0.2, -0.15) is 15.3 Å². The molecule has 0 unspecified atom stereocenters. The number of aryl methyl sites for hydroxylation is 4. The highest BCUT2D eigenvalue weighted by atomic mass is 15.3. The third-order valence-electron chi connectivity index (χ3n) is 3.13. The zero-order chi connectivity index (χ0) is 14.2. The molecule has 5 heteroatoms. The molecule has 5 nitrogen and oxygen atoms in total. The van der Waals surface area contributed by atoms with Crippen LogP contribution in [0.5, 0.6) is 0 Å². The summed E-state index contributed by atoms with van der Waals surface area (Å²) in [5, 5.41) is 15.8. The third kappa shape index (κ3) is 1.95. The summed E-state index contributed by atoms with van der Waals surface area (Å²) in [4.78, 5) is 4.60. The van der Waals surface area contributed by atoms with Gasteiger partial charge < -0.3 is 0 Å². The van der Waals surface area contributed by atoms with E-state index in [1.165, 1.54) is 0 Å². The highest BCUT2D eigenvalue weighted by Gasteiger charge is 2.14. The van der Waals surface area contributed by atoms with Crippen LogP contribution in [0.3, 0.4) is 0 Å². The van der Waals surface area contributed by atoms with Gasteiger partial charge in [0.05, 0.1) is 23.0 Å². The summed E-state index contributed by atoms with van der Waals surface area (Å²) in [5.74, 6) is 0. The topological polar surface area (TPSA) is 56.5 Å². The minimum Gasteiger partial charge on any atom is -0.250 e. The fraction of sp³-hybridized carbons (Fsp3) is 0.429. The van der Waals surface area contributed by atoms with Crippen molar-refractivity contribution in [1.29, 1.82) is 0 Å². The van der Waals surface area contributed by atoms with Crippen LogP contribution in [0, 0.1) is 20.8 Å². The van der Waals surface area contributed by atoms with E-state index >= 15 is 0 Å². The highest BCUT2D eigenvalue weighted by Crippen LogP contribution is 2.28. The fourth-order valence-corrected chi connectivity index (χ4v) is 2.36. The average molecular weight is 257 g/mol. The molecule has 0 saturated carbocycles. The summed E-state index contributed by atoms with van der Waals surface area (Å²) in [6.45, 7) is 9.96. The fourth-order valence-electron chi connectivity index (χ4n) is 2.36. The summed E-state index contributed by atoms with van der Waals surface area (Å²) in [6.07, 6.45) is 1.77. The monoisotopic (exact) mass is 257 g/mol. The number of rotatable bonds is 0. The van der Waals surface area contributed by atoms with Crippen molar-refractivity contribution in [2.24, 2.45) is 7.05 Å². The Morgan fingerprint density at radius 1 is 0.947 bits per heavy atom. The van der Waals surface area contributed by atoms with Crippen LogP contribution in [0.25, 0.3) is 21.8 Å². The van der Waals surface area contributed by atoms with Crippen LogP contribution < -0.4 is 0 Å². The van der Waals surface area contributed by atoms with Gasteiger partial charge in [0.1, 0.15) is 0 Å². The Morgan fingerprint density at radius 3 is 2.32 bits per heavy atom. The summed E-state index contributed by atoms with van der Waals surface area (Å²) >= 11 is 0. The first-order valence-corrected chi connectivity index (χ1v) is 6.51. The summed E-state index contributed by atoms with van der Waals surface area (Å²) < 4.78 is 1.82. The lowest BCUT2D eigenvalue weighted by atomic mass is 10.1. The number of hydrogen-bond acceptors (Lipinski definition) is 4. The minimum absolute atomic E-state index is 0.906. The molecule has 3 aromatic rings. The van der Waals surface area contributed by atoms with E-state index in [0.29, 0.717) is 0 Å². The van der Waals surface area contributed by atoms with Gasteiger partial charge in [0.2, 0.25) is 0 Å². The van der Waals surface area contributed by atoms with E-state index in [-0.39, 0.29) is 0 Å². The van der Waals surface area contributed by atoms with Crippen molar-refractivity contribution in [3.8, 4) is 0 Å². The smallest absolute Gasteiger partial charge is 0.158 e. The second-order valence-electron chi connectivity index (χ2n) is 4.32. The molecule has 0 aliphatic rings. The van der Waals surface area contributed by atoms with Crippen LogP contribution in [0.1, 0.15) is 30.9 Å². The molecule has 0 aromatic carbocycles. The van der Waals surface area contributed by atoms with Crippen LogP contribution in [0.4, 0.5) is 0 Å². The van der Waals surface area contributed by atoms with Crippen LogP contribution in [0.2, 0.25) is 0 Å². The lowest BCUT2D eigenvalue weighted by molar-refractivity contribution is 0.773. The maximum absolute atomic E-state index is 4.60. The number of aromatic nitrogens is 5. The minimum atomic E-state index is 0.906. The van der Waals surface area contributed by atoms with E-state index in [9.17, 15) is 0 Å². The zero-order valence-corrected chi connectivity index (χ0v) is 12.3. The van der Waals surface area contributed by atoms with Crippen LogP contribution >= 0.6 is 0 Å². The van der Waals surface area contributed by atoms with Crippen molar-refractivity contribution in [2.75, 3.05) is 0 Å². The van der Waals surface area contributed by atoms with E-state index in [1.807, 2.05) is 46.3 Å². The van der Waals surface area contributed by atoms with Gasteiger partial charge in [0.25, 0.3) is 0 Å². The van der Waals surface area contributed by atoms with Crippen molar-refractivity contribution in [3.63, 3.8) is 0 Å². The SMILES string of the molecule is CC.Cc1nc2c(c(C)nn2C)c2c(C)nncc12. The first-order chi connectivity index (χ1) is 9.09. The van der Waals surface area contributed by atoms with Gasteiger partial charge >= 0.3 is 0 Å². The maximum atomic E-state index is 4.60. The third-order valence-corrected chi connectivity index (χ3v) is 3.13. The second kappa shape index (κ2) is 4.91. The molecule has 0 saturated heterocycles. The Balaban J connectivity index is 0.000000637. The number of nitrogens with zero attached hydrogens (tertiary/aromatic N) is 5. The van der Waals surface area contributed by atoms with E-state index in [2.05, 4.69) is 20.3 Å². The van der Waals surface area contributed by atoms with Crippen LogP contribution in [-0.2, 0) is 7.05 Å². The molecule has 0 spiro atoms. The van der Waals surface area contributed by atoms with E-state index in [0.717, 1.165) is 38.9 Å². The first-order valence-electron chi connectivity index (χ1n) is 6.51. The van der Waals surface area contributed by atoms with E-state index in [4.69, 9.17) is 0 Å². The van der Waals surface area contributed by atoms with Gasteiger partial charge in [-0.1, -0.05) is 13.8 Å². The largest absolute Gasteiger partial charge is 0.250 e. The molecule has 3 heterocycles. The normalized spacial score (nSPS) is 10.6. The molecule has 0 bridgehead atoms. The van der Waals surface area contributed by atoms with Gasteiger partial charge in [-0.15, -0.1) is 0 Å². The predicted molar refractivity (Wildman–Crippen MR) is 77.2 cm³/mol. The van der Waals surface area contributed by atoms with Crippen molar-refractivity contribution >= 4 is 21.8 Å². The molecule has 0 amide bonds. The molecule has 19 heavy (non-hydrogen) atoms. The van der Waals surface area contributed by atoms with Gasteiger partial charge in [-0.05, 0) is 20.8 Å².